The fourth-order valence-corrected chi connectivity index (χ4v) is 1.83. The third-order valence-electron chi connectivity index (χ3n) is 2.70. The lowest BCUT2D eigenvalue weighted by molar-refractivity contribution is 0.0610. The van der Waals surface area contributed by atoms with Crippen LogP contribution < -0.4 is 0 Å². The Morgan fingerprint density at radius 2 is 2.10 bits per heavy atom. The van der Waals surface area contributed by atoms with E-state index in [0.29, 0.717) is 0 Å². The molecule has 1 aliphatic carbocycles. The van der Waals surface area contributed by atoms with Crippen LogP contribution in [0.15, 0.2) is 0 Å². The van der Waals surface area contributed by atoms with Crippen molar-refractivity contribution in [2.45, 2.75) is 45.6 Å². The van der Waals surface area contributed by atoms with Crippen LogP contribution in [0.1, 0.15) is 40.0 Å². The molecule has 0 heterocycles. The van der Waals surface area contributed by atoms with Gasteiger partial charge < -0.3 is 5.11 Å². The standard InChI is InChI=1S/C9H18O/c1-7(2)8-4-5-9(3,10)6-8/h7-8,10H,4-6H2,1-3H3/t8?,9-/m0/s1. The van der Waals surface area contributed by atoms with E-state index < -0.39 is 0 Å². The predicted molar refractivity (Wildman–Crippen MR) is 42.8 cm³/mol. The molecule has 0 radical (unpaired) electrons. The molecule has 0 saturated heterocycles. The van der Waals surface area contributed by atoms with E-state index in [4.69, 9.17) is 0 Å². The van der Waals surface area contributed by atoms with Crippen LogP contribution in [0.4, 0.5) is 0 Å². The summed E-state index contributed by atoms with van der Waals surface area (Å²) in [5.74, 6) is 1.50. The Labute approximate surface area is 63.4 Å². The Bertz CT molecular complexity index is 116. The van der Waals surface area contributed by atoms with Crippen molar-refractivity contribution in [3.63, 3.8) is 0 Å². The van der Waals surface area contributed by atoms with E-state index in [0.717, 1.165) is 24.7 Å². The number of rotatable bonds is 1. The monoisotopic (exact) mass is 142 g/mol. The third-order valence-corrected chi connectivity index (χ3v) is 2.70. The second kappa shape index (κ2) is 2.54. The second-order valence-corrected chi connectivity index (χ2v) is 4.24. The van der Waals surface area contributed by atoms with Crippen LogP contribution in [0.25, 0.3) is 0 Å². The minimum Gasteiger partial charge on any atom is -0.390 e. The van der Waals surface area contributed by atoms with E-state index >= 15 is 0 Å². The summed E-state index contributed by atoms with van der Waals surface area (Å²) >= 11 is 0. The van der Waals surface area contributed by atoms with Gasteiger partial charge in [-0.3, -0.25) is 0 Å². The fraction of sp³-hybridized carbons (Fsp3) is 1.00. The SMILES string of the molecule is CC(C)C1CC[C@](C)(O)C1. The molecule has 0 aromatic carbocycles. The first kappa shape index (κ1) is 8.06. The molecule has 1 aliphatic rings. The van der Waals surface area contributed by atoms with Crippen LogP contribution in [-0.4, -0.2) is 10.7 Å². The zero-order chi connectivity index (χ0) is 7.78. The molecule has 2 atom stereocenters. The number of hydrogen-bond donors (Lipinski definition) is 1. The Morgan fingerprint density at radius 1 is 1.50 bits per heavy atom. The first-order valence-corrected chi connectivity index (χ1v) is 4.24. The number of aliphatic hydroxyl groups is 1. The van der Waals surface area contributed by atoms with Gasteiger partial charge in [0.05, 0.1) is 5.60 Å². The molecule has 0 bridgehead atoms. The summed E-state index contributed by atoms with van der Waals surface area (Å²) in [4.78, 5) is 0. The second-order valence-electron chi connectivity index (χ2n) is 4.24. The highest BCUT2D eigenvalue weighted by Gasteiger charge is 2.33. The highest BCUT2D eigenvalue weighted by molar-refractivity contribution is 4.86. The van der Waals surface area contributed by atoms with Crippen molar-refractivity contribution in [2.75, 3.05) is 0 Å². The van der Waals surface area contributed by atoms with Gasteiger partial charge in [0, 0.05) is 0 Å². The Balaban J connectivity index is 2.43. The Hall–Kier alpha value is -0.0400. The highest BCUT2D eigenvalue weighted by Crippen LogP contribution is 2.37. The molecule has 1 unspecified atom stereocenters. The zero-order valence-corrected chi connectivity index (χ0v) is 7.22. The van der Waals surface area contributed by atoms with Crippen molar-refractivity contribution in [1.82, 2.24) is 0 Å². The minimum absolute atomic E-state index is 0.352. The molecule has 1 N–H and O–H groups in total. The zero-order valence-electron chi connectivity index (χ0n) is 7.22. The molecule has 0 aromatic rings. The highest BCUT2D eigenvalue weighted by atomic mass is 16.3. The summed E-state index contributed by atoms with van der Waals surface area (Å²) in [5, 5.41) is 9.61. The molecule has 10 heavy (non-hydrogen) atoms. The van der Waals surface area contributed by atoms with E-state index in [9.17, 15) is 5.11 Å². The topological polar surface area (TPSA) is 20.2 Å². The van der Waals surface area contributed by atoms with Gasteiger partial charge in [-0.2, -0.15) is 0 Å². The van der Waals surface area contributed by atoms with Crippen LogP contribution in [-0.2, 0) is 0 Å². The lowest BCUT2D eigenvalue weighted by Crippen LogP contribution is -2.19. The molecule has 1 heteroatoms. The predicted octanol–water partition coefficient (Wildman–Crippen LogP) is 2.19. The van der Waals surface area contributed by atoms with E-state index in [2.05, 4.69) is 13.8 Å². The van der Waals surface area contributed by atoms with Crippen LogP contribution in [0.5, 0.6) is 0 Å². The van der Waals surface area contributed by atoms with Crippen molar-refractivity contribution in [1.29, 1.82) is 0 Å². The molecule has 1 saturated carbocycles. The molecule has 0 amide bonds. The molecular formula is C9H18O. The summed E-state index contributed by atoms with van der Waals surface area (Å²) in [5.41, 5.74) is -0.352. The molecule has 1 fully saturated rings. The molecule has 0 spiro atoms. The average molecular weight is 142 g/mol. The van der Waals surface area contributed by atoms with Gasteiger partial charge in [-0.05, 0) is 38.0 Å². The summed E-state index contributed by atoms with van der Waals surface area (Å²) in [6.45, 7) is 6.44. The van der Waals surface area contributed by atoms with Gasteiger partial charge in [0.25, 0.3) is 0 Å². The fourth-order valence-electron chi connectivity index (χ4n) is 1.83. The lowest BCUT2D eigenvalue weighted by Gasteiger charge is -2.17. The van der Waals surface area contributed by atoms with E-state index in [-0.39, 0.29) is 5.60 Å². The van der Waals surface area contributed by atoms with Crippen molar-refractivity contribution in [3.8, 4) is 0 Å². The van der Waals surface area contributed by atoms with Gasteiger partial charge in [0.2, 0.25) is 0 Å². The van der Waals surface area contributed by atoms with Gasteiger partial charge in [-0.25, -0.2) is 0 Å². The summed E-state index contributed by atoms with van der Waals surface area (Å²) in [6.07, 6.45) is 3.21. The van der Waals surface area contributed by atoms with Crippen molar-refractivity contribution in [2.24, 2.45) is 11.8 Å². The first-order valence-electron chi connectivity index (χ1n) is 4.24. The molecular weight excluding hydrogens is 124 g/mol. The van der Waals surface area contributed by atoms with Crippen LogP contribution >= 0.6 is 0 Å². The van der Waals surface area contributed by atoms with Crippen LogP contribution in [0.3, 0.4) is 0 Å². The Kier molecular flexibility index (Phi) is 2.04. The van der Waals surface area contributed by atoms with Crippen molar-refractivity contribution < 1.29 is 5.11 Å². The lowest BCUT2D eigenvalue weighted by atomic mass is 9.93. The quantitative estimate of drug-likeness (QED) is 0.595. The van der Waals surface area contributed by atoms with Crippen molar-refractivity contribution in [3.05, 3.63) is 0 Å². The van der Waals surface area contributed by atoms with Gasteiger partial charge >= 0.3 is 0 Å². The normalized spacial score (nSPS) is 41.1. The van der Waals surface area contributed by atoms with Gasteiger partial charge in [-0.1, -0.05) is 13.8 Å². The van der Waals surface area contributed by atoms with Gasteiger partial charge in [-0.15, -0.1) is 0 Å². The average Bonchev–Trinajstić information content (AvgIpc) is 2.10. The Morgan fingerprint density at radius 3 is 2.30 bits per heavy atom. The maximum atomic E-state index is 9.61. The summed E-state index contributed by atoms with van der Waals surface area (Å²) < 4.78 is 0. The summed E-state index contributed by atoms with van der Waals surface area (Å²) in [7, 11) is 0. The smallest absolute Gasteiger partial charge is 0.0622 e. The first-order chi connectivity index (χ1) is 4.51. The molecule has 1 rings (SSSR count). The molecule has 0 aromatic heterocycles. The van der Waals surface area contributed by atoms with Gasteiger partial charge in [0.15, 0.2) is 0 Å². The maximum absolute atomic E-state index is 9.61. The molecule has 0 aliphatic heterocycles. The molecule has 1 nitrogen and oxygen atoms in total. The van der Waals surface area contributed by atoms with Crippen molar-refractivity contribution >= 4 is 0 Å². The summed E-state index contributed by atoms with van der Waals surface area (Å²) in [6, 6.07) is 0. The minimum atomic E-state index is -0.352. The van der Waals surface area contributed by atoms with Crippen LogP contribution in [0.2, 0.25) is 0 Å². The third kappa shape index (κ3) is 1.72. The maximum Gasteiger partial charge on any atom is 0.0622 e. The van der Waals surface area contributed by atoms with E-state index in [1.807, 2.05) is 6.92 Å². The molecule has 60 valence electrons. The van der Waals surface area contributed by atoms with Crippen LogP contribution in [0, 0.1) is 11.8 Å². The van der Waals surface area contributed by atoms with E-state index in [1.54, 1.807) is 0 Å². The largest absolute Gasteiger partial charge is 0.390 e. The van der Waals surface area contributed by atoms with Gasteiger partial charge in [0.1, 0.15) is 0 Å². The van der Waals surface area contributed by atoms with E-state index in [1.165, 1.54) is 6.42 Å². The number of hydrogen-bond acceptors (Lipinski definition) is 1.